The molecule has 1 saturated heterocycles. The molecule has 1 fully saturated rings. The molecule has 0 unspecified atom stereocenters. The van der Waals surface area contributed by atoms with Gasteiger partial charge in [0.05, 0.1) is 23.6 Å². The van der Waals surface area contributed by atoms with Crippen LogP contribution < -0.4 is 14.8 Å². The fourth-order valence-corrected chi connectivity index (χ4v) is 5.38. The number of anilines is 1. The van der Waals surface area contributed by atoms with Crippen molar-refractivity contribution in [2.45, 2.75) is 6.54 Å². The number of rotatable bonds is 8. The minimum Gasteiger partial charge on any atom is -0.493 e. The van der Waals surface area contributed by atoms with E-state index < -0.39 is 0 Å². The van der Waals surface area contributed by atoms with Crippen LogP contribution in [0, 0.1) is 0 Å². The van der Waals surface area contributed by atoms with Crippen LogP contribution in [0.5, 0.6) is 11.5 Å². The number of carbonyl (C=O) groups is 3. The molecule has 4 aromatic carbocycles. The number of ether oxygens (including phenoxy) is 2. The molecule has 0 saturated carbocycles. The Hall–Kier alpha value is -3.79. The smallest absolute Gasteiger partial charge is 0.293 e. The van der Waals surface area contributed by atoms with Crippen LogP contribution in [0.15, 0.2) is 88.2 Å². The Morgan fingerprint density at radius 2 is 1.80 bits per heavy atom. The number of fused-ring (bicyclic) bond motifs is 1. The summed E-state index contributed by atoms with van der Waals surface area (Å²) in [7, 11) is 1.48. The molecule has 0 radical (unpaired) electrons. The second kappa shape index (κ2) is 12.2. The van der Waals surface area contributed by atoms with E-state index in [0.717, 1.165) is 32.6 Å². The number of methoxy groups -OCH3 is 1. The van der Waals surface area contributed by atoms with Crippen molar-refractivity contribution in [2.24, 2.45) is 0 Å². The molecular weight excluding hydrogens is 616 g/mol. The molecule has 0 aromatic heterocycles. The lowest BCUT2D eigenvalue weighted by Gasteiger charge is -2.13. The molecule has 1 N–H and O–H groups in total. The molecule has 10 heteroatoms. The van der Waals surface area contributed by atoms with Gasteiger partial charge in [-0.25, -0.2) is 0 Å². The lowest BCUT2D eigenvalue weighted by molar-refractivity contribution is -0.123. The number of benzene rings is 4. The molecular formula is C30H22BrClN2O5S. The second-order valence-corrected chi connectivity index (χ2v) is 11.1. The SMILES string of the molecule is COc1cc(/C=C2\SC(=O)N(Cc3ccc4ccccc4c3)C2=O)ccc1OCC(=O)Nc1ccc(Br)c(Cl)c1. The van der Waals surface area contributed by atoms with E-state index in [0.29, 0.717) is 32.7 Å². The zero-order valence-corrected chi connectivity index (χ0v) is 24.3. The average Bonchev–Trinajstić information content (AvgIpc) is 3.21. The zero-order valence-electron chi connectivity index (χ0n) is 21.1. The van der Waals surface area contributed by atoms with Crippen LogP contribution in [0.4, 0.5) is 10.5 Å². The molecule has 0 spiro atoms. The Morgan fingerprint density at radius 1 is 1.00 bits per heavy atom. The van der Waals surface area contributed by atoms with Crippen LogP contribution in [-0.4, -0.2) is 35.7 Å². The summed E-state index contributed by atoms with van der Waals surface area (Å²) in [6.07, 6.45) is 1.64. The van der Waals surface area contributed by atoms with Crippen LogP contribution in [-0.2, 0) is 16.1 Å². The van der Waals surface area contributed by atoms with Gasteiger partial charge in [0.2, 0.25) is 0 Å². The number of imide groups is 1. The normalized spacial score (nSPS) is 14.2. The second-order valence-electron chi connectivity index (χ2n) is 8.83. The van der Waals surface area contributed by atoms with Crippen LogP contribution in [0.2, 0.25) is 5.02 Å². The number of carbonyl (C=O) groups excluding carboxylic acids is 3. The third kappa shape index (κ3) is 6.33. The molecule has 3 amide bonds. The molecule has 7 nitrogen and oxygen atoms in total. The molecule has 1 aliphatic rings. The van der Waals surface area contributed by atoms with Crippen molar-refractivity contribution in [3.8, 4) is 11.5 Å². The van der Waals surface area contributed by atoms with Crippen molar-refractivity contribution in [3.63, 3.8) is 0 Å². The first kappa shape index (κ1) is 27.8. The highest BCUT2D eigenvalue weighted by Gasteiger charge is 2.35. The van der Waals surface area contributed by atoms with Crippen LogP contribution in [0.1, 0.15) is 11.1 Å². The Balaban J connectivity index is 1.24. The van der Waals surface area contributed by atoms with E-state index in [9.17, 15) is 14.4 Å². The maximum Gasteiger partial charge on any atom is 0.293 e. The first-order valence-electron chi connectivity index (χ1n) is 12.1. The standard InChI is InChI=1S/C30H22BrClN2O5S/c1-38-26-13-18(7-11-25(26)39-17-28(35)33-22-9-10-23(31)24(32)15-22)14-27-29(36)34(30(37)40-27)16-19-6-8-20-4-2-3-5-21(20)12-19/h2-15H,16-17H2,1H3,(H,33,35)/b27-14-. The summed E-state index contributed by atoms with van der Waals surface area (Å²) in [5.41, 5.74) is 2.06. The topological polar surface area (TPSA) is 84.9 Å². The molecule has 0 atom stereocenters. The van der Waals surface area contributed by atoms with Gasteiger partial charge in [-0.3, -0.25) is 19.3 Å². The fraction of sp³-hybridized carbons (Fsp3) is 0.100. The molecule has 0 aliphatic carbocycles. The Labute approximate surface area is 248 Å². The number of thioether (sulfide) groups is 1. The van der Waals surface area contributed by atoms with E-state index in [1.165, 1.54) is 12.0 Å². The highest BCUT2D eigenvalue weighted by atomic mass is 79.9. The third-order valence-corrected chi connectivity index (χ3v) is 8.22. The van der Waals surface area contributed by atoms with Crippen molar-refractivity contribution < 1.29 is 23.9 Å². The lowest BCUT2D eigenvalue weighted by atomic mass is 10.1. The van der Waals surface area contributed by atoms with E-state index in [-0.39, 0.29) is 30.2 Å². The number of halogens is 2. The van der Waals surface area contributed by atoms with Gasteiger partial charge in [-0.1, -0.05) is 54.1 Å². The monoisotopic (exact) mass is 636 g/mol. The highest BCUT2D eigenvalue weighted by Crippen LogP contribution is 2.35. The summed E-state index contributed by atoms with van der Waals surface area (Å²) in [5.74, 6) is 0.00782. The van der Waals surface area contributed by atoms with E-state index in [1.54, 1.807) is 42.5 Å². The van der Waals surface area contributed by atoms with E-state index >= 15 is 0 Å². The average molecular weight is 638 g/mol. The summed E-state index contributed by atoms with van der Waals surface area (Å²) in [4.78, 5) is 39.7. The Bertz CT molecular complexity index is 1680. The molecule has 1 heterocycles. The van der Waals surface area contributed by atoms with Crippen LogP contribution >= 0.6 is 39.3 Å². The van der Waals surface area contributed by atoms with Crippen molar-refractivity contribution >= 4 is 78.9 Å². The molecule has 1 aliphatic heterocycles. The predicted molar refractivity (Wildman–Crippen MR) is 162 cm³/mol. The van der Waals surface area contributed by atoms with Crippen molar-refractivity contribution in [1.82, 2.24) is 4.90 Å². The Kier molecular flexibility index (Phi) is 8.44. The Morgan fingerprint density at radius 3 is 2.58 bits per heavy atom. The van der Waals surface area contributed by atoms with Gasteiger partial charge in [0, 0.05) is 10.2 Å². The third-order valence-electron chi connectivity index (χ3n) is 6.08. The summed E-state index contributed by atoms with van der Waals surface area (Å²) in [5, 5.41) is 5.01. The van der Waals surface area contributed by atoms with Gasteiger partial charge in [-0.05, 0) is 92.1 Å². The number of hydrogen-bond donors (Lipinski definition) is 1. The van der Waals surface area contributed by atoms with Gasteiger partial charge in [0.25, 0.3) is 17.1 Å². The number of nitrogens with one attached hydrogen (secondary N) is 1. The molecule has 202 valence electrons. The number of amides is 3. The van der Waals surface area contributed by atoms with Crippen molar-refractivity contribution in [2.75, 3.05) is 19.0 Å². The van der Waals surface area contributed by atoms with Gasteiger partial charge in [-0.15, -0.1) is 0 Å². The van der Waals surface area contributed by atoms with Crippen molar-refractivity contribution in [3.05, 3.63) is 104 Å². The minimum absolute atomic E-state index is 0.192. The van der Waals surface area contributed by atoms with Crippen LogP contribution in [0.3, 0.4) is 0 Å². The summed E-state index contributed by atoms with van der Waals surface area (Å²) in [6.45, 7) is -0.0610. The zero-order chi connectivity index (χ0) is 28.2. The number of nitrogens with zero attached hydrogens (tertiary/aromatic N) is 1. The fourth-order valence-electron chi connectivity index (χ4n) is 4.11. The first-order valence-corrected chi connectivity index (χ1v) is 14.1. The maximum absolute atomic E-state index is 13.1. The maximum atomic E-state index is 13.1. The van der Waals surface area contributed by atoms with E-state index in [4.69, 9.17) is 21.1 Å². The highest BCUT2D eigenvalue weighted by molar-refractivity contribution is 9.10. The molecule has 4 aromatic rings. The summed E-state index contributed by atoms with van der Waals surface area (Å²) < 4.78 is 11.8. The summed E-state index contributed by atoms with van der Waals surface area (Å²) in [6, 6.07) is 24.0. The summed E-state index contributed by atoms with van der Waals surface area (Å²) >= 11 is 10.3. The van der Waals surface area contributed by atoms with E-state index in [1.807, 2.05) is 42.5 Å². The molecule has 5 rings (SSSR count). The van der Waals surface area contributed by atoms with Crippen molar-refractivity contribution in [1.29, 1.82) is 0 Å². The van der Waals surface area contributed by atoms with Gasteiger partial charge in [0.15, 0.2) is 18.1 Å². The number of hydrogen-bond acceptors (Lipinski definition) is 6. The molecule has 40 heavy (non-hydrogen) atoms. The first-order chi connectivity index (χ1) is 19.3. The van der Waals surface area contributed by atoms with Gasteiger partial charge in [0.1, 0.15) is 0 Å². The van der Waals surface area contributed by atoms with Gasteiger partial charge < -0.3 is 14.8 Å². The predicted octanol–water partition coefficient (Wildman–Crippen LogP) is 7.52. The van der Waals surface area contributed by atoms with Gasteiger partial charge in [-0.2, -0.15) is 0 Å². The molecule has 0 bridgehead atoms. The van der Waals surface area contributed by atoms with Crippen LogP contribution in [0.25, 0.3) is 16.8 Å². The minimum atomic E-state index is -0.371. The quantitative estimate of drug-likeness (QED) is 0.201. The van der Waals surface area contributed by atoms with E-state index in [2.05, 4.69) is 21.2 Å². The largest absolute Gasteiger partial charge is 0.493 e. The van der Waals surface area contributed by atoms with Gasteiger partial charge >= 0.3 is 0 Å². The lowest BCUT2D eigenvalue weighted by Crippen LogP contribution is -2.27.